The SMILES string of the molecule is C/C(F)=C(F)/C(F)=C(\F)C(F)(F)F. The lowest BCUT2D eigenvalue weighted by Crippen LogP contribution is -2.09. The fourth-order valence-corrected chi connectivity index (χ4v) is 0.372. The van der Waals surface area contributed by atoms with Crippen molar-refractivity contribution in [2.24, 2.45) is 0 Å². The third-order valence-electron chi connectivity index (χ3n) is 0.937. The average molecular weight is 208 g/mol. The molecule has 7 heteroatoms. The van der Waals surface area contributed by atoms with E-state index in [0.29, 0.717) is 6.92 Å². The molecule has 0 aromatic heterocycles. The fraction of sp³-hybridized carbons (Fsp3) is 0.333. The van der Waals surface area contributed by atoms with Crippen LogP contribution in [0.2, 0.25) is 0 Å². The van der Waals surface area contributed by atoms with Gasteiger partial charge < -0.3 is 0 Å². The Bertz CT molecular complexity index is 253. The summed E-state index contributed by atoms with van der Waals surface area (Å²) in [6.07, 6.45) is -5.66. The molecule has 0 spiro atoms. The topological polar surface area (TPSA) is 0 Å². The van der Waals surface area contributed by atoms with Gasteiger partial charge in [0, 0.05) is 0 Å². The maximum atomic E-state index is 12.0. The van der Waals surface area contributed by atoms with Gasteiger partial charge in [-0.3, -0.25) is 0 Å². The Balaban J connectivity index is 5.18. The summed E-state index contributed by atoms with van der Waals surface area (Å²) in [5.74, 6) is -10.5. The first kappa shape index (κ1) is 12.0. The molecule has 0 saturated carbocycles. The summed E-state index contributed by atoms with van der Waals surface area (Å²) < 4.78 is 81.7. The summed E-state index contributed by atoms with van der Waals surface area (Å²) in [7, 11) is 0. The molecule has 0 saturated heterocycles. The molecule has 0 amide bonds. The highest BCUT2D eigenvalue weighted by atomic mass is 19.4. The zero-order valence-electron chi connectivity index (χ0n) is 6.15. The highest BCUT2D eigenvalue weighted by Gasteiger charge is 2.39. The van der Waals surface area contributed by atoms with Crippen LogP contribution in [0.4, 0.5) is 30.7 Å². The average Bonchev–Trinajstić information content (AvgIpc) is 1.98. The Labute approximate surface area is 68.3 Å². The number of alkyl halides is 3. The molecule has 76 valence electrons. The molecule has 0 aliphatic carbocycles. The van der Waals surface area contributed by atoms with Crippen molar-refractivity contribution in [1.82, 2.24) is 0 Å². The highest BCUT2D eigenvalue weighted by Crippen LogP contribution is 2.33. The first-order valence-corrected chi connectivity index (χ1v) is 2.82. The summed E-state index contributed by atoms with van der Waals surface area (Å²) in [5, 5.41) is 0. The minimum atomic E-state index is -5.66. The Morgan fingerprint density at radius 2 is 1.23 bits per heavy atom. The van der Waals surface area contributed by atoms with Gasteiger partial charge in [-0.05, 0) is 6.92 Å². The van der Waals surface area contributed by atoms with E-state index in [4.69, 9.17) is 0 Å². The Kier molecular flexibility index (Phi) is 3.50. The first-order valence-electron chi connectivity index (χ1n) is 2.82. The summed E-state index contributed by atoms with van der Waals surface area (Å²) in [4.78, 5) is 0. The van der Waals surface area contributed by atoms with Gasteiger partial charge in [0.2, 0.25) is 11.7 Å². The lowest BCUT2D eigenvalue weighted by molar-refractivity contribution is -0.111. The van der Waals surface area contributed by atoms with Crippen LogP contribution in [0.1, 0.15) is 6.92 Å². The van der Waals surface area contributed by atoms with Crippen LogP contribution in [0.15, 0.2) is 23.3 Å². The molecule has 13 heavy (non-hydrogen) atoms. The van der Waals surface area contributed by atoms with Gasteiger partial charge in [0.1, 0.15) is 5.83 Å². The van der Waals surface area contributed by atoms with Crippen LogP contribution in [0.25, 0.3) is 0 Å². The standard InChI is InChI=1S/C6H3F7/c1-2(7)3(8)4(9)5(10)6(11,12)13/h1H3/b3-2+,5-4+. The zero-order chi connectivity index (χ0) is 10.8. The minimum absolute atomic E-state index is 0.360. The van der Waals surface area contributed by atoms with Crippen LogP contribution in [-0.4, -0.2) is 6.18 Å². The predicted octanol–water partition coefficient (Wildman–Crippen LogP) is 3.87. The van der Waals surface area contributed by atoms with Gasteiger partial charge in [-0.2, -0.15) is 17.6 Å². The molecule has 0 bridgehead atoms. The molecule has 0 atom stereocenters. The van der Waals surface area contributed by atoms with E-state index < -0.39 is 29.5 Å². The smallest absolute Gasteiger partial charge is 0.209 e. The van der Waals surface area contributed by atoms with Crippen molar-refractivity contribution in [3.63, 3.8) is 0 Å². The molecule has 0 fully saturated rings. The number of halogens is 7. The molecule has 0 unspecified atom stereocenters. The Hall–Kier alpha value is -1.01. The van der Waals surface area contributed by atoms with Crippen molar-refractivity contribution in [2.75, 3.05) is 0 Å². The molecule has 0 aliphatic rings. The van der Waals surface area contributed by atoms with Crippen molar-refractivity contribution in [3.8, 4) is 0 Å². The molecule has 0 heterocycles. The van der Waals surface area contributed by atoms with E-state index in [1.165, 1.54) is 0 Å². The highest BCUT2D eigenvalue weighted by molar-refractivity contribution is 5.25. The van der Waals surface area contributed by atoms with E-state index in [1.54, 1.807) is 0 Å². The van der Waals surface area contributed by atoms with E-state index in [1.807, 2.05) is 0 Å². The maximum Gasteiger partial charge on any atom is 0.446 e. The van der Waals surface area contributed by atoms with Crippen molar-refractivity contribution in [2.45, 2.75) is 13.1 Å². The third kappa shape index (κ3) is 3.08. The van der Waals surface area contributed by atoms with E-state index in [-0.39, 0.29) is 0 Å². The molecular formula is C6H3F7. The van der Waals surface area contributed by atoms with Crippen molar-refractivity contribution < 1.29 is 30.7 Å². The van der Waals surface area contributed by atoms with Gasteiger partial charge >= 0.3 is 6.18 Å². The first-order chi connectivity index (χ1) is 5.68. The minimum Gasteiger partial charge on any atom is -0.209 e. The zero-order valence-corrected chi connectivity index (χ0v) is 6.15. The molecule has 0 N–H and O–H groups in total. The number of hydrogen-bond acceptors (Lipinski definition) is 0. The number of rotatable bonds is 1. The van der Waals surface area contributed by atoms with Gasteiger partial charge in [-0.1, -0.05) is 0 Å². The van der Waals surface area contributed by atoms with E-state index in [0.717, 1.165) is 0 Å². The lowest BCUT2D eigenvalue weighted by atomic mass is 10.3. The molecule has 0 aliphatic heterocycles. The van der Waals surface area contributed by atoms with Gasteiger partial charge in [0.15, 0.2) is 5.83 Å². The van der Waals surface area contributed by atoms with Crippen LogP contribution in [0.3, 0.4) is 0 Å². The monoisotopic (exact) mass is 208 g/mol. The second kappa shape index (κ2) is 3.80. The molecule has 0 aromatic carbocycles. The van der Waals surface area contributed by atoms with Crippen molar-refractivity contribution in [3.05, 3.63) is 23.3 Å². The molecule has 0 radical (unpaired) electrons. The van der Waals surface area contributed by atoms with Gasteiger partial charge in [0.25, 0.3) is 0 Å². The largest absolute Gasteiger partial charge is 0.446 e. The second-order valence-electron chi connectivity index (χ2n) is 1.97. The summed E-state index contributed by atoms with van der Waals surface area (Å²) >= 11 is 0. The van der Waals surface area contributed by atoms with Crippen LogP contribution in [0, 0.1) is 0 Å². The Morgan fingerprint density at radius 3 is 1.46 bits per heavy atom. The van der Waals surface area contributed by atoms with Gasteiger partial charge in [-0.15, -0.1) is 0 Å². The summed E-state index contributed by atoms with van der Waals surface area (Å²) in [6.45, 7) is 0.360. The van der Waals surface area contributed by atoms with Crippen LogP contribution < -0.4 is 0 Å². The van der Waals surface area contributed by atoms with Gasteiger partial charge in [-0.25, -0.2) is 13.2 Å². The van der Waals surface area contributed by atoms with Gasteiger partial charge in [0.05, 0.1) is 0 Å². The van der Waals surface area contributed by atoms with Crippen LogP contribution in [-0.2, 0) is 0 Å². The maximum absolute atomic E-state index is 12.0. The third-order valence-corrected chi connectivity index (χ3v) is 0.937. The van der Waals surface area contributed by atoms with E-state index in [2.05, 4.69) is 0 Å². The van der Waals surface area contributed by atoms with Crippen molar-refractivity contribution >= 4 is 0 Å². The van der Waals surface area contributed by atoms with Crippen LogP contribution >= 0.6 is 0 Å². The lowest BCUT2D eigenvalue weighted by Gasteiger charge is -2.03. The predicted molar refractivity (Wildman–Crippen MR) is 30.2 cm³/mol. The van der Waals surface area contributed by atoms with E-state index >= 15 is 0 Å². The van der Waals surface area contributed by atoms with Crippen LogP contribution in [0.5, 0.6) is 0 Å². The molecule has 0 aromatic rings. The molecule has 0 nitrogen and oxygen atoms in total. The second-order valence-corrected chi connectivity index (χ2v) is 1.97. The molecular weight excluding hydrogens is 205 g/mol. The number of hydrogen-bond donors (Lipinski definition) is 0. The molecule has 0 rings (SSSR count). The normalized spacial score (nSPS) is 16.6. The number of allylic oxidation sites excluding steroid dienone is 4. The summed E-state index contributed by atoms with van der Waals surface area (Å²) in [6, 6.07) is 0. The van der Waals surface area contributed by atoms with E-state index in [9.17, 15) is 30.7 Å². The summed E-state index contributed by atoms with van der Waals surface area (Å²) in [5.41, 5.74) is 0. The Morgan fingerprint density at radius 1 is 0.846 bits per heavy atom. The fourth-order valence-electron chi connectivity index (χ4n) is 0.372. The quantitative estimate of drug-likeness (QED) is 0.453. The van der Waals surface area contributed by atoms with Crippen molar-refractivity contribution in [1.29, 1.82) is 0 Å².